The molecule has 0 aromatic heterocycles. The first-order chi connectivity index (χ1) is 9.83. The fourth-order valence-corrected chi connectivity index (χ4v) is 3.03. The van der Waals surface area contributed by atoms with E-state index in [1.54, 1.807) is 4.90 Å². The molecule has 0 atom stereocenters. The molecule has 0 spiro atoms. The van der Waals surface area contributed by atoms with Crippen molar-refractivity contribution in [1.82, 2.24) is 9.62 Å². The number of halogens is 6. The van der Waals surface area contributed by atoms with Gasteiger partial charge in [-0.2, -0.15) is 26.3 Å². The first-order valence-electron chi connectivity index (χ1n) is 6.26. The second kappa shape index (κ2) is 6.49. The zero-order valence-corrected chi connectivity index (χ0v) is 12.4. The van der Waals surface area contributed by atoms with Gasteiger partial charge in [0.2, 0.25) is 10.0 Å². The average molecular weight is 358 g/mol. The van der Waals surface area contributed by atoms with Crippen LogP contribution in [0.3, 0.4) is 0 Å². The summed E-state index contributed by atoms with van der Waals surface area (Å²) in [6, 6.07) is 0. The summed E-state index contributed by atoms with van der Waals surface area (Å²) in [5.74, 6) is 0. The zero-order valence-electron chi connectivity index (χ0n) is 11.6. The van der Waals surface area contributed by atoms with Crippen molar-refractivity contribution in [2.24, 2.45) is 0 Å². The molecule has 1 rings (SSSR count). The Morgan fingerprint density at radius 1 is 1.05 bits per heavy atom. The van der Waals surface area contributed by atoms with Crippen LogP contribution in [-0.2, 0) is 14.8 Å². The van der Waals surface area contributed by atoms with Crippen LogP contribution in [-0.4, -0.2) is 69.8 Å². The van der Waals surface area contributed by atoms with Crippen LogP contribution in [0.2, 0.25) is 0 Å². The van der Waals surface area contributed by atoms with Gasteiger partial charge in [-0.05, 0) is 6.92 Å². The molecule has 12 heteroatoms. The first kappa shape index (κ1) is 19.5. The minimum atomic E-state index is -5.99. The van der Waals surface area contributed by atoms with Gasteiger partial charge >= 0.3 is 12.4 Å². The predicted molar refractivity (Wildman–Crippen MR) is 64.7 cm³/mol. The summed E-state index contributed by atoms with van der Waals surface area (Å²) in [6.45, 7) is 0.656. The van der Waals surface area contributed by atoms with Gasteiger partial charge in [0, 0.05) is 26.2 Å². The molecule has 0 amide bonds. The molecule has 1 saturated heterocycles. The molecular weight excluding hydrogens is 342 g/mol. The molecule has 1 heterocycles. The molecule has 1 N–H and O–H groups in total. The SMILES string of the molecule is CC(C(F)(F)F)(C(F)(F)F)S(=O)(=O)NCCN1CCOCC1. The predicted octanol–water partition coefficient (Wildman–Crippen LogP) is 1.12. The van der Waals surface area contributed by atoms with E-state index < -0.39 is 33.7 Å². The third-order valence-corrected chi connectivity index (χ3v) is 5.57. The third kappa shape index (κ3) is 3.84. The summed E-state index contributed by atoms with van der Waals surface area (Å²) in [5, 5.41) is 0. The summed E-state index contributed by atoms with van der Waals surface area (Å²) in [6.07, 6.45) is -12.0. The highest BCUT2D eigenvalue weighted by molar-refractivity contribution is 7.91. The highest BCUT2D eigenvalue weighted by atomic mass is 32.2. The number of nitrogens with one attached hydrogen (secondary N) is 1. The molecule has 0 saturated carbocycles. The zero-order chi connectivity index (χ0) is 17.2. The molecule has 0 radical (unpaired) electrons. The molecule has 0 aromatic carbocycles. The van der Waals surface area contributed by atoms with Gasteiger partial charge in [-0.25, -0.2) is 13.1 Å². The lowest BCUT2D eigenvalue weighted by Crippen LogP contribution is -2.63. The van der Waals surface area contributed by atoms with Crippen LogP contribution >= 0.6 is 0 Å². The number of alkyl halides is 6. The lowest BCUT2D eigenvalue weighted by Gasteiger charge is -2.33. The minimum Gasteiger partial charge on any atom is -0.379 e. The van der Waals surface area contributed by atoms with Gasteiger partial charge in [0.25, 0.3) is 4.75 Å². The minimum absolute atomic E-state index is 0.00557. The summed E-state index contributed by atoms with van der Waals surface area (Å²) in [7, 11) is -5.70. The molecule has 1 aliphatic rings. The van der Waals surface area contributed by atoms with Gasteiger partial charge in [0.1, 0.15) is 0 Å². The van der Waals surface area contributed by atoms with E-state index in [9.17, 15) is 34.8 Å². The maximum atomic E-state index is 12.7. The maximum absolute atomic E-state index is 12.7. The maximum Gasteiger partial charge on any atom is 0.418 e. The molecule has 0 bridgehead atoms. The monoisotopic (exact) mass is 358 g/mol. The molecule has 132 valence electrons. The quantitative estimate of drug-likeness (QED) is 0.749. The number of hydrogen-bond acceptors (Lipinski definition) is 4. The van der Waals surface area contributed by atoms with Gasteiger partial charge in [-0.1, -0.05) is 0 Å². The molecule has 0 aliphatic carbocycles. The van der Waals surface area contributed by atoms with E-state index in [0.29, 0.717) is 26.3 Å². The summed E-state index contributed by atoms with van der Waals surface area (Å²) >= 11 is 0. The van der Waals surface area contributed by atoms with Gasteiger partial charge in [-0.3, -0.25) is 4.90 Å². The summed E-state index contributed by atoms with van der Waals surface area (Å²) in [5.41, 5.74) is 0. The Labute approximate surface area is 123 Å². The number of nitrogens with zero attached hydrogens (tertiary/aromatic N) is 1. The Morgan fingerprint density at radius 3 is 1.91 bits per heavy atom. The Balaban J connectivity index is 2.81. The van der Waals surface area contributed by atoms with Crippen molar-refractivity contribution in [3.05, 3.63) is 0 Å². The van der Waals surface area contributed by atoms with E-state index in [1.165, 1.54) is 4.72 Å². The number of ether oxygens (including phenoxy) is 1. The molecule has 1 fully saturated rings. The second-order valence-electron chi connectivity index (χ2n) is 4.88. The van der Waals surface area contributed by atoms with E-state index in [-0.39, 0.29) is 13.5 Å². The van der Waals surface area contributed by atoms with E-state index in [2.05, 4.69) is 0 Å². The first-order valence-corrected chi connectivity index (χ1v) is 7.74. The molecule has 5 nitrogen and oxygen atoms in total. The van der Waals surface area contributed by atoms with Crippen LogP contribution in [0.4, 0.5) is 26.3 Å². The van der Waals surface area contributed by atoms with Crippen LogP contribution < -0.4 is 4.72 Å². The van der Waals surface area contributed by atoms with Crippen molar-refractivity contribution in [1.29, 1.82) is 0 Å². The standard InChI is InChI=1S/C10H16F6N2O3S/c1-8(9(11,12)13,10(14,15)16)22(19,20)17-2-3-18-4-6-21-7-5-18/h17H,2-7H2,1H3. The van der Waals surface area contributed by atoms with Crippen molar-refractivity contribution in [3.63, 3.8) is 0 Å². The Hall–Kier alpha value is -0.590. The largest absolute Gasteiger partial charge is 0.418 e. The Morgan fingerprint density at radius 2 is 1.50 bits per heavy atom. The van der Waals surface area contributed by atoms with E-state index in [0.717, 1.165) is 0 Å². The number of morpholine rings is 1. The van der Waals surface area contributed by atoms with Crippen LogP contribution in [0.5, 0.6) is 0 Å². The van der Waals surface area contributed by atoms with E-state index >= 15 is 0 Å². The van der Waals surface area contributed by atoms with Crippen molar-refractivity contribution in [2.75, 3.05) is 39.4 Å². The molecule has 22 heavy (non-hydrogen) atoms. The average Bonchev–Trinajstić information content (AvgIpc) is 2.36. The summed E-state index contributed by atoms with van der Waals surface area (Å²) < 4.78 is 101. The highest BCUT2D eigenvalue weighted by Crippen LogP contribution is 2.47. The van der Waals surface area contributed by atoms with Crippen LogP contribution in [0.1, 0.15) is 6.92 Å². The van der Waals surface area contributed by atoms with E-state index in [4.69, 9.17) is 4.74 Å². The second-order valence-corrected chi connectivity index (χ2v) is 6.99. The van der Waals surface area contributed by atoms with Crippen molar-refractivity contribution in [3.8, 4) is 0 Å². The van der Waals surface area contributed by atoms with Crippen LogP contribution in [0, 0.1) is 0 Å². The fraction of sp³-hybridized carbons (Fsp3) is 1.00. The van der Waals surface area contributed by atoms with Gasteiger partial charge in [0.15, 0.2) is 0 Å². The third-order valence-electron chi connectivity index (χ3n) is 3.44. The number of rotatable bonds is 5. The molecule has 0 unspecified atom stereocenters. The van der Waals surface area contributed by atoms with Gasteiger partial charge in [-0.15, -0.1) is 0 Å². The lowest BCUT2D eigenvalue weighted by atomic mass is 10.1. The lowest BCUT2D eigenvalue weighted by molar-refractivity contribution is -0.262. The number of sulfonamides is 1. The molecular formula is C10H16F6N2O3S. The topological polar surface area (TPSA) is 58.6 Å². The van der Waals surface area contributed by atoms with Gasteiger partial charge in [0.05, 0.1) is 13.2 Å². The van der Waals surface area contributed by atoms with Crippen LogP contribution in [0.15, 0.2) is 0 Å². The smallest absolute Gasteiger partial charge is 0.379 e. The normalized spacial score (nSPS) is 19.4. The van der Waals surface area contributed by atoms with Gasteiger partial charge < -0.3 is 4.74 Å². The number of hydrogen-bond donors (Lipinski definition) is 1. The highest BCUT2D eigenvalue weighted by Gasteiger charge is 2.75. The molecule has 0 aromatic rings. The Kier molecular flexibility index (Phi) is 5.74. The van der Waals surface area contributed by atoms with Crippen molar-refractivity contribution < 1.29 is 39.5 Å². The van der Waals surface area contributed by atoms with E-state index in [1.807, 2.05) is 0 Å². The fourth-order valence-electron chi connectivity index (χ4n) is 1.77. The summed E-state index contributed by atoms with van der Waals surface area (Å²) in [4.78, 5) is 1.67. The Bertz CT molecular complexity index is 456. The molecule has 1 aliphatic heterocycles. The van der Waals surface area contributed by atoms with Crippen molar-refractivity contribution >= 4 is 10.0 Å². The van der Waals surface area contributed by atoms with Crippen molar-refractivity contribution in [2.45, 2.75) is 24.0 Å². The van der Waals surface area contributed by atoms with Crippen LogP contribution in [0.25, 0.3) is 0 Å².